The minimum absolute atomic E-state index is 0.120. The molecule has 3 rings (SSSR count). The van der Waals surface area contributed by atoms with Crippen LogP contribution in [0.5, 0.6) is 5.75 Å². The topological polar surface area (TPSA) is 67.0 Å². The number of H-pyrrole nitrogens is 1. The van der Waals surface area contributed by atoms with E-state index in [4.69, 9.17) is 4.74 Å². The summed E-state index contributed by atoms with van der Waals surface area (Å²) in [6, 6.07) is 3.79. The van der Waals surface area contributed by atoms with E-state index in [0.29, 0.717) is 5.57 Å². The lowest BCUT2D eigenvalue weighted by Crippen LogP contribution is -2.03. The molecule has 96 valence electrons. The smallest absolute Gasteiger partial charge is 0.256 e. The van der Waals surface area contributed by atoms with Crippen molar-refractivity contribution in [3.63, 3.8) is 0 Å². The molecule has 1 aromatic heterocycles. The van der Waals surface area contributed by atoms with Gasteiger partial charge in [-0.3, -0.25) is 4.79 Å². The van der Waals surface area contributed by atoms with E-state index in [1.54, 1.807) is 25.7 Å². The summed E-state index contributed by atoms with van der Waals surface area (Å²) in [5.74, 6) is 0.647. The highest BCUT2D eigenvalue weighted by molar-refractivity contribution is 6.34. The molecule has 0 atom stereocenters. The summed E-state index contributed by atoms with van der Waals surface area (Å²) in [7, 11) is 1.62. The SMILES string of the molecule is COc1cc2c(cc1C)NC(=O)/C2=C\c1c[nH]cn1. The van der Waals surface area contributed by atoms with Crippen LogP contribution in [0.3, 0.4) is 0 Å². The molecule has 0 saturated heterocycles. The zero-order valence-electron chi connectivity index (χ0n) is 10.7. The first kappa shape index (κ1) is 11.5. The first-order valence-corrected chi connectivity index (χ1v) is 5.90. The normalized spacial score (nSPS) is 15.5. The Hall–Kier alpha value is -2.56. The van der Waals surface area contributed by atoms with E-state index in [-0.39, 0.29) is 5.91 Å². The Kier molecular flexibility index (Phi) is 2.59. The summed E-state index contributed by atoms with van der Waals surface area (Å²) in [4.78, 5) is 19.0. The summed E-state index contributed by atoms with van der Waals surface area (Å²) < 4.78 is 5.30. The van der Waals surface area contributed by atoms with E-state index >= 15 is 0 Å². The minimum atomic E-state index is -0.120. The molecule has 2 N–H and O–H groups in total. The Morgan fingerprint density at radius 2 is 2.21 bits per heavy atom. The molecule has 1 aliphatic heterocycles. The van der Waals surface area contributed by atoms with Gasteiger partial charge in [-0.25, -0.2) is 4.98 Å². The molecule has 1 amide bonds. The highest BCUT2D eigenvalue weighted by Crippen LogP contribution is 2.37. The lowest BCUT2D eigenvalue weighted by molar-refractivity contribution is -0.110. The Bertz CT molecular complexity index is 672. The number of rotatable bonds is 2. The number of aryl methyl sites for hydroxylation is 1. The number of carbonyl (C=O) groups is 1. The quantitative estimate of drug-likeness (QED) is 0.808. The summed E-state index contributed by atoms with van der Waals surface area (Å²) >= 11 is 0. The number of aromatic nitrogens is 2. The number of nitrogens with zero attached hydrogens (tertiary/aromatic N) is 1. The van der Waals surface area contributed by atoms with Crippen molar-refractivity contribution in [3.05, 3.63) is 41.5 Å². The van der Waals surface area contributed by atoms with Crippen molar-refractivity contribution in [1.82, 2.24) is 9.97 Å². The molecule has 1 aliphatic rings. The number of carbonyl (C=O) groups excluding carboxylic acids is 1. The van der Waals surface area contributed by atoms with Crippen molar-refractivity contribution >= 4 is 23.2 Å². The van der Waals surface area contributed by atoms with Crippen LogP contribution in [0, 0.1) is 6.92 Å². The number of methoxy groups -OCH3 is 1. The van der Waals surface area contributed by atoms with Crippen LogP contribution in [0.15, 0.2) is 24.7 Å². The summed E-state index contributed by atoms with van der Waals surface area (Å²) in [5.41, 5.74) is 3.96. The third-order valence-corrected chi connectivity index (χ3v) is 3.13. The molecule has 0 aliphatic carbocycles. The third kappa shape index (κ3) is 1.89. The molecule has 5 nitrogen and oxygen atoms in total. The van der Waals surface area contributed by atoms with Gasteiger partial charge in [-0.2, -0.15) is 0 Å². The summed E-state index contributed by atoms with van der Waals surface area (Å²) in [5, 5.41) is 2.85. The van der Waals surface area contributed by atoms with Crippen LogP contribution in [-0.4, -0.2) is 23.0 Å². The molecule has 0 radical (unpaired) electrons. The van der Waals surface area contributed by atoms with Gasteiger partial charge in [0.25, 0.3) is 5.91 Å². The fourth-order valence-corrected chi connectivity index (χ4v) is 2.19. The number of hydrogen-bond acceptors (Lipinski definition) is 3. The maximum atomic E-state index is 12.0. The van der Waals surface area contributed by atoms with Gasteiger partial charge in [0.2, 0.25) is 0 Å². The lowest BCUT2D eigenvalue weighted by atomic mass is 10.0. The molecule has 1 aromatic carbocycles. The molecule has 19 heavy (non-hydrogen) atoms. The van der Waals surface area contributed by atoms with Gasteiger partial charge in [0.15, 0.2) is 0 Å². The van der Waals surface area contributed by atoms with Crippen molar-refractivity contribution in [2.24, 2.45) is 0 Å². The van der Waals surface area contributed by atoms with E-state index in [1.165, 1.54) is 0 Å². The number of benzene rings is 1. The molecule has 0 unspecified atom stereocenters. The lowest BCUT2D eigenvalue weighted by Gasteiger charge is -2.07. The van der Waals surface area contributed by atoms with Crippen molar-refractivity contribution in [1.29, 1.82) is 0 Å². The molecule has 2 heterocycles. The standard InChI is InChI=1S/C14H13N3O2/c1-8-3-12-10(5-13(8)19-2)11(14(18)17-12)4-9-6-15-7-16-9/h3-7H,1-2H3,(H,15,16)(H,17,18)/b11-4-. The van der Waals surface area contributed by atoms with Crippen LogP contribution in [0.1, 0.15) is 16.8 Å². The molecular weight excluding hydrogens is 242 g/mol. The van der Waals surface area contributed by atoms with Gasteiger partial charge >= 0.3 is 0 Å². The van der Waals surface area contributed by atoms with Crippen LogP contribution in [-0.2, 0) is 4.79 Å². The highest BCUT2D eigenvalue weighted by Gasteiger charge is 2.25. The summed E-state index contributed by atoms with van der Waals surface area (Å²) in [6.45, 7) is 1.95. The van der Waals surface area contributed by atoms with Crippen LogP contribution in [0.25, 0.3) is 11.6 Å². The van der Waals surface area contributed by atoms with Gasteiger partial charge in [0.1, 0.15) is 5.75 Å². The van der Waals surface area contributed by atoms with Crippen LogP contribution in [0.2, 0.25) is 0 Å². The molecular formula is C14H13N3O2. The molecule has 0 spiro atoms. The van der Waals surface area contributed by atoms with Crippen LogP contribution < -0.4 is 10.1 Å². The minimum Gasteiger partial charge on any atom is -0.496 e. The second kappa shape index (κ2) is 4.28. The number of nitrogens with one attached hydrogen (secondary N) is 2. The second-order valence-electron chi connectivity index (χ2n) is 4.37. The van der Waals surface area contributed by atoms with Gasteiger partial charge in [-0.1, -0.05) is 0 Å². The molecule has 0 fully saturated rings. The fourth-order valence-electron chi connectivity index (χ4n) is 2.19. The van der Waals surface area contributed by atoms with Crippen LogP contribution >= 0.6 is 0 Å². The zero-order chi connectivity index (χ0) is 13.4. The Labute approximate surface area is 110 Å². The first-order chi connectivity index (χ1) is 9.19. The van der Waals surface area contributed by atoms with Gasteiger partial charge in [0.05, 0.1) is 24.7 Å². The van der Waals surface area contributed by atoms with E-state index in [2.05, 4.69) is 15.3 Å². The van der Waals surface area contributed by atoms with Crippen molar-refractivity contribution in [2.75, 3.05) is 12.4 Å². The van der Waals surface area contributed by atoms with Crippen molar-refractivity contribution < 1.29 is 9.53 Å². The predicted molar refractivity (Wildman–Crippen MR) is 72.8 cm³/mol. The number of amides is 1. The maximum absolute atomic E-state index is 12.0. The molecule has 5 heteroatoms. The molecule has 2 aromatic rings. The zero-order valence-corrected chi connectivity index (χ0v) is 10.7. The van der Waals surface area contributed by atoms with Gasteiger partial charge in [0, 0.05) is 17.4 Å². The van der Waals surface area contributed by atoms with E-state index in [1.807, 2.05) is 19.1 Å². The van der Waals surface area contributed by atoms with E-state index in [0.717, 1.165) is 28.3 Å². The fraction of sp³-hybridized carbons (Fsp3) is 0.143. The first-order valence-electron chi connectivity index (χ1n) is 5.90. The Morgan fingerprint density at radius 3 is 2.89 bits per heavy atom. The van der Waals surface area contributed by atoms with E-state index < -0.39 is 0 Å². The number of anilines is 1. The average molecular weight is 255 g/mol. The van der Waals surface area contributed by atoms with Gasteiger partial charge in [-0.05, 0) is 30.7 Å². The molecule has 0 bridgehead atoms. The average Bonchev–Trinajstić information content (AvgIpc) is 2.98. The second-order valence-corrected chi connectivity index (χ2v) is 4.37. The number of hydrogen-bond donors (Lipinski definition) is 2. The van der Waals surface area contributed by atoms with E-state index in [9.17, 15) is 4.79 Å². The van der Waals surface area contributed by atoms with Gasteiger partial charge < -0.3 is 15.0 Å². The molecule has 0 saturated carbocycles. The van der Waals surface area contributed by atoms with Gasteiger partial charge in [-0.15, -0.1) is 0 Å². The number of fused-ring (bicyclic) bond motifs is 1. The number of aromatic amines is 1. The maximum Gasteiger partial charge on any atom is 0.256 e. The predicted octanol–water partition coefficient (Wildman–Crippen LogP) is 2.22. The van der Waals surface area contributed by atoms with Crippen molar-refractivity contribution in [2.45, 2.75) is 6.92 Å². The monoisotopic (exact) mass is 255 g/mol. The van der Waals surface area contributed by atoms with Crippen LogP contribution in [0.4, 0.5) is 5.69 Å². The number of ether oxygens (including phenoxy) is 1. The third-order valence-electron chi connectivity index (χ3n) is 3.13. The number of imidazole rings is 1. The Morgan fingerprint density at radius 1 is 1.37 bits per heavy atom. The van der Waals surface area contributed by atoms with Crippen molar-refractivity contribution in [3.8, 4) is 5.75 Å². The Balaban J connectivity index is 2.13. The summed E-state index contributed by atoms with van der Waals surface area (Å²) in [6.07, 6.45) is 5.08. The largest absolute Gasteiger partial charge is 0.496 e. The highest BCUT2D eigenvalue weighted by atomic mass is 16.5.